The topological polar surface area (TPSA) is 90.5 Å². The van der Waals surface area contributed by atoms with Crippen LogP contribution in [0.5, 0.6) is 11.5 Å². The van der Waals surface area contributed by atoms with Gasteiger partial charge in [0.2, 0.25) is 0 Å². The van der Waals surface area contributed by atoms with Crippen LogP contribution in [-0.2, 0) is 9.53 Å². The first-order chi connectivity index (χ1) is 14.4. The number of nitrogens with zero attached hydrogens (tertiary/aromatic N) is 1. The maximum atomic E-state index is 12.2. The number of carbonyl (C=O) groups excluding carboxylic acids is 1. The molecule has 1 atom stereocenters. The van der Waals surface area contributed by atoms with Gasteiger partial charge in [-0.1, -0.05) is 18.2 Å². The molecule has 7 nitrogen and oxygen atoms in total. The van der Waals surface area contributed by atoms with E-state index < -0.39 is 12.1 Å². The van der Waals surface area contributed by atoms with Gasteiger partial charge in [-0.2, -0.15) is 0 Å². The quantitative estimate of drug-likeness (QED) is 0.469. The monoisotopic (exact) mass is 408 g/mol. The van der Waals surface area contributed by atoms with Crippen molar-refractivity contribution in [3.05, 3.63) is 70.3 Å². The second-order valence-corrected chi connectivity index (χ2v) is 6.96. The normalized spacial score (nSPS) is 12.3. The van der Waals surface area contributed by atoms with Gasteiger partial charge >= 0.3 is 5.97 Å². The van der Waals surface area contributed by atoms with Crippen LogP contribution in [0.2, 0.25) is 0 Å². The first-order valence-corrected chi connectivity index (χ1v) is 9.59. The molecule has 0 fully saturated rings. The van der Waals surface area contributed by atoms with Gasteiger partial charge in [-0.3, -0.25) is 4.79 Å². The van der Waals surface area contributed by atoms with Gasteiger partial charge in [0.1, 0.15) is 0 Å². The van der Waals surface area contributed by atoms with Crippen LogP contribution in [0.4, 0.5) is 0 Å². The van der Waals surface area contributed by atoms with Crippen molar-refractivity contribution in [3.63, 3.8) is 0 Å². The molecule has 156 valence electrons. The van der Waals surface area contributed by atoms with Crippen LogP contribution in [0.25, 0.3) is 17.0 Å². The number of H-pyrrole nitrogens is 1. The number of aromatic amines is 1. The third kappa shape index (κ3) is 5.05. The predicted octanol–water partition coefficient (Wildman–Crippen LogP) is 4.04. The SMILES string of the molecule is COc1cc(/C=C/C(=O)O[C@@H](C)c2nc3ccccc3c(=O)[nH]2)ccc1OC(C)C. The largest absolute Gasteiger partial charge is 0.493 e. The summed E-state index contributed by atoms with van der Waals surface area (Å²) in [7, 11) is 1.56. The molecule has 0 bridgehead atoms. The van der Waals surface area contributed by atoms with Gasteiger partial charge in [0.05, 0.1) is 24.1 Å². The summed E-state index contributed by atoms with van der Waals surface area (Å²) in [5, 5.41) is 0.485. The van der Waals surface area contributed by atoms with Crippen molar-refractivity contribution in [3.8, 4) is 11.5 Å². The van der Waals surface area contributed by atoms with E-state index in [4.69, 9.17) is 14.2 Å². The fourth-order valence-corrected chi connectivity index (χ4v) is 2.87. The van der Waals surface area contributed by atoms with Crippen molar-refractivity contribution in [1.29, 1.82) is 0 Å². The number of carbonyl (C=O) groups is 1. The summed E-state index contributed by atoms with van der Waals surface area (Å²) in [5.41, 5.74) is 1.03. The summed E-state index contributed by atoms with van der Waals surface area (Å²) in [6.07, 6.45) is 2.24. The summed E-state index contributed by atoms with van der Waals surface area (Å²) in [4.78, 5) is 31.5. The number of methoxy groups -OCH3 is 1. The molecule has 0 saturated carbocycles. The Hall–Kier alpha value is -3.61. The number of hydrogen-bond acceptors (Lipinski definition) is 6. The van der Waals surface area contributed by atoms with E-state index in [1.165, 1.54) is 6.08 Å². The molecule has 3 aromatic rings. The van der Waals surface area contributed by atoms with Gasteiger partial charge in [0, 0.05) is 6.08 Å². The van der Waals surface area contributed by atoms with Gasteiger partial charge in [-0.25, -0.2) is 9.78 Å². The Morgan fingerprint density at radius 2 is 1.87 bits per heavy atom. The van der Waals surface area contributed by atoms with Crippen molar-refractivity contribution in [1.82, 2.24) is 9.97 Å². The van der Waals surface area contributed by atoms with Crippen LogP contribution >= 0.6 is 0 Å². The van der Waals surface area contributed by atoms with E-state index in [0.717, 1.165) is 5.56 Å². The Morgan fingerprint density at radius 3 is 2.60 bits per heavy atom. The van der Waals surface area contributed by atoms with Crippen LogP contribution in [0, 0.1) is 0 Å². The number of aromatic nitrogens is 2. The highest BCUT2D eigenvalue weighted by atomic mass is 16.5. The fraction of sp³-hybridized carbons (Fsp3) is 0.261. The molecule has 0 unspecified atom stereocenters. The average molecular weight is 408 g/mol. The standard InChI is InChI=1S/C23H24N2O5/c1-14(2)29-19-11-9-16(13-20(19)28-4)10-12-21(26)30-15(3)22-24-18-8-6-5-7-17(18)23(27)25-22/h5-15H,1-4H3,(H,24,25,27)/b12-10+/t15-/m0/s1. The summed E-state index contributed by atoms with van der Waals surface area (Å²) in [6, 6.07) is 12.4. The molecule has 0 aliphatic carbocycles. The first-order valence-electron chi connectivity index (χ1n) is 9.59. The molecule has 0 spiro atoms. The lowest BCUT2D eigenvalue weighted by atomic mass is 10.2. The highest BCUT2D eigenvalue weighted by molar-refractivity contribution is 5.87. The number of para-hydroxylation sites is 1. The highest BCUT2D eigenvalue weighted by Gasteiger charge is 2.14. The van der Waals surface area contributed by atoms with Gasteiger partial charge in [0.15, 0.2) is 23.4 Å². The minimum absolute atomic E-state index is 0.0203. The van der Waals surface area contributed by atoms with Crippen molar-refractivity contribution < 1.29 is 19.0 Å². The summed E-state index contributed by atoms with van der Waals surface area (Å²) in [5.74, 6) is 0.940. The molecule has 1 heterocycles. The molecule has 7 heteroatoms. The number of nitrogens with one attached hydrogen (secondary N) is 1. The molecular weight excluding hydrogens is 384 g/mol. The van der Waals surface area contributed by atoms with E-state index in [-0.39, 0.29) is 17.5 Å². The summed E-state index contributed by atoms with van der Waals surface area (Å²) in [6.45, 7) is 5.52. The van der Waals surface area contributed by atoms with Crippen molar-refractivity contribution >= 4 is 22.9 Å². The number of hydrogen-bond donors (Lipinski definition) is 1. The van der Waals surface area contributed by atoms with Crippen LogP contribution in [0.3, 0.4) is 0 Å². The van der Waals surface area contributed by atoms with E-state index in [2.05, 4.69) is 9.97 Å². The van der Waals surface area contributed by atoms with Crippen LogP contribution in [0.15, 0.2) is 53.3 Å². The third-order valence-electron chi connectivity index (χ3n) is 4.27. The summed E-state index contributed by atoms with van der Waals surface area (Å²) < 4.78 is 16.4. The lowest BCUT2D eigenvalue weighted by Crippen LogP contribution is -2.16. The molecule has 1 N–H and O–H groups in total. The van der Waals surface area contributed by atoms with Crippen LogP contribution in [-0.4, -0.2) is 29.2 Å². The number of ether oxygens (including phenoxy) is 3. The molecule has 2 aromatic carbocycles. The van der Waals surface area contributed by atoms with Gasteiger partial charge in [-0.15, -0.1) is 0 Å². The first kappa shape index (κ1) is 21.1. The minimum atomic E-state index is -0.712. The number of esters is 1. The van der Waals surface area contributed by atoms with E-state index in [1.54, 1.807) is 56.5 Å². The second kappa shape index (κ2) is 9.26. The molecule has 0 aliphatic rings. The van der Waals surface area contributed by atoms with E-state index in [0.29, 0.717) is 22.4 Å². The zero-order chi connectivity index (χ0) is 21.7. The Kier molecular flexibility index (Phi) is 6.51. The molecule has 30 heavy (non-hydrogen) atoms. The lowest BCUT2D eigenvalue weighted by molar-refractivity contribution is -0.142. The smallest absolute Gasteiger partial charge is 0.331 e. The Bertz CT molecular complexity index is 1130. The van der Waals surface area contributed by atoms with Gasteiger partial charge < -0.3 is 19.2 Å². The Morgan fingerprint density at radius 1 is 1.10 bits per heavy atom. The number of benzene rings is 2. The molecule has 0 saturated heterocycles. The minimum Gasteiger partial charge on any atom is -0.493 e. The van der Waals surface area contributed by atoms with E-state index in [9.17, 15) is 9.59 Å². The Labute approximate surface area is 174 Å². The second-order valence-electron chi connectivity index (χ2n) is 6.96. The zero-order valence-corrected chi connectivity index (χ0v) is 17.3. The molecule has 0 amide bonds. The zero-order valence-electron chi connectivity index (χ0n) is 17.3. The van der Waals surface area contributed by atoms with E-state index in [1.807, 2.05) is 19.9 Å². The maximum Gasteiger partial charge on any atom is 0.331 e. The van der Waals surface area contributed by atoms with Crippen molar-refractivity contribution in [2.24, 2.45) is 0 Å². The number of rotatable bonds is 7. The number of fused-ring (bicyclic) bond motifs is 1. The third-order valence-corrected chi connectivity index (χ3v) is 4.27. The van der Waals surface area contributed by atoms with Crippen LogP contribution < -0.4 is 15.0 Å². The maximum absolute atomic E-state index is 12.2. The lowest BCUT2D eigenvalue weighted by Gasteiger charge is -2.14. The van der Waals surface area contributed by atoms with Crippen LogP contribution in [0.1, 0.15) is 38.3 Å². The molecular formula is C23H24N2O5. The fourth-order valence-electron chi connectivity index (χ4n) is 2.87. The predicted molar refractivity (Wildman–Crippen MR) is 115 cm³/mol. The molecule has 3 rings (SSSR count). The van der Waals surface area contributed by atoms with Crippen molar-refractivity contribution in [2.45, 2.75) is 33.0 Å². The summed E-state index contributed by atoms with van der Waals surface area (Å²) >= 11 is 0. The Balaban J connectivity index is 1.70. The van der Waals surface area contributed by atoms with Gasteiger partial charge in [-0.05, 0) is 56.7 Å². The average Bonchev–Trinajstić information content (AvgIpc) is 2.72. The van der Waals surface area contributed by atoms with Gasteiger partial charge in [0.25, 0.3) is 5.56 Å². The molecule has 0 radical (unpaired) electrons. The highest BCUT2D eigenvalue weighted by Crippen LogP contribution is 2.29. The molecule has 1 aromatic heterocycles. The molecule has 0 aliphatic heterocycles. The van der Waals surface area contributed by atoms with E-state index >= 15 is 0 Å². The van der Waals surface area contributed by atoms with Crippen molar-refractivity contribution in [2.75, 3.05) is 7.11 Å².